The first-order valence-corrected chi connectivity index (χ1v) is 8.63. The van der Waals surface area contributed by atoms with E-state index in [-0.39, 0.29) is 49.0 Å². The minimum Gasteiger partial charge on any atom is -0.349 e. The molecule has 0 radical (unpaired) electrons. The van der Waals surface area contributed by atoms with Crippen LogP contribution in [0.3, 0.4) is 0 Å². The van der Waals surface area contributed by atoms with Crippen molar-refractivity contribution in [3.05, 3.63) is 11.1 Å². The molecule has 0 fully saturated rings. The molecule has 0 saturated carbocycles. The van der Waals surface area contributed by atoms with Gasteiger partial charge in [-0.25, -0.2) is 4.98 Å². The van der Waals surface area contributed by atoms with Crippen LogP contribution in [-0.4, -0.2) is 28.9 Å². The van der Waals surface area contributed by atoms with Crippen molar-refractivity contribution >= 4 is 53.1 Å². The number of nitrogens with zero attached hydrogens (tertiary/aromatic N) is 1. The number of carbonyl (C=O) groups excluding carboxylic acids is 2. The van der Waals surface area contributed by atoms with Crippen LogP contribution in [0.1, 0.15) is 47.2 Å². The molecule has 1 atom stereocenters. The van der Waals surface area contributed by atoms with Crippen LogP contribution < -0.4 is 16.4 Å². The lowest BCUT2D eigenvalue weighted by Crippen LogP contribution is -2.55. The number of hydrogen-bond donors (Lipinski definition) is 3. The van der Waals surface area contributed by atoms with Crippen LogP contribution >= 0.6 is 36.2 Å². The monoisotopic (exact) mass is 412 g/mol. The van der Waals surface area contributed by atoms with Crippen molar-refractivity contribution in [3.8, 4) is 0 Å². The van der Waals surface area contributed by atoms with Gasteiger partial charge in [-0.2, -0.15) is 0 Å². The van der Waals surface area contributed by atoms with Gasteiger partial charge in [0.05, 0.1) is 17.7 Å². The van der Waals surface area contributed by atoms with Crippen molar-refractivity contribution in [1.29, 1.82) is 0 Å². The Bertz CT molecular complexity index is 573. The first-order chi connectivity index (χ1) is 10.5. The van der Waals surface area contributed by atoms with E-state index in [1.54, 1.807) is 5.38 Å². The van der Waals surface area contributed by atoms with E-state index in [9.17, 15) is 9.59 Å². The van der Waals surface area contributed by atoms with Crippen molar-refractivity contribution in [2.45, 2.75) is 53.5 Å². The lowest BCUT2D eigenvalue weighted by molar-refractivity contribution is -0.123. The highest BCUT2D eigenvalue weighted by Gasteiger charge is 2.28. The summed E-state index contributed by atoms with van der Waals surface area (Å²) in [6.07, 6.45) is 0.171. The maximum absolute atomic E-state index is 12.2. The second kappa shape index (κ2) is 10.3. The molecule has 0 aliphatic heterocycles. The fourth-order valence-electron chi connectivity index (χ4n) is 1.69. The molecule has 1 unspecified atom stereocenters. The first kappa shape index (κ1) is 26.3. The zero-order valence-corrected chi connectivity index (χ0v) is 18.1. The van der Waals surface area contributed by atoms with Crippen molar-refractivity contribution in [3.63, 3.8) is 0 Å². The lowest BCUT2D eigenvalue weighted by Gasteiger charge is -2.33. The van der Waals surface area contributed by atoms with E-state index in [0.717, 1.165) is 0 Å². The number of halogens is 2. The van der Waals surface area contributed by atoms with Gasteiger partial charge in [-0.05, 0) is 12.8 Å². The Morgan fingerprint density at radius 1 is 1.24 bits per heavy atom. The topological polar surface area (TPSA) is 97.1 Å². The smallest absolute Gasteiger partial charge is 0.231 e. The third-order valence-corrected chi connectivity index (χ3v) is 4.72. The maximum Gasteiger partial charge on any atom is 0.231 e. The Morgan fingerprint density at radius 3 is 2.24 bits per heavy atom. The van der Waals surface area contributed by atoms with Gasteiger partial charge in [0.1, 0.15) is 0 Å². The Morgan fingerprint density at radius 2 is 1.80 bits per heavy atom. The number of anilines is 1. The van der Waals surface area contributed by atoms with E-state index in [1.807, 2.05) is 41.5 Å². The molecule has 0 aliphatic carbocycles. The molecule has 0 saturated heterocycles. The summed E-state index contributed by atoms with van der Waals surface area (Å²) in [5.41, 5.74) is 5.50. The number of thiazole rings is 1. The first-order valence-electron chi connectivity index (χ1n) is 7.75. The molecule has 146 valence electrons. The summed E-state index contributed by atoms with van der Waals surface area (Å²) in [5, 5.41) is 8.05. The van der Waals surface area contributed by atoms with E-state index in [0.29, 0.717) is 17.4 Å². The summed E-state index contributed by atoms with van der Waals surface area (Å²) in [6, 6.07) is 0. The summed E-state index contributed by atoms with van der Waals surface area (Å²) >= 11 is 1.32. The standard InChI is InChI=1S/C16H28N4O2S.2ClH/c1-10(2)16(6,9-17)20-12(21)7-11-8-23-14(18-11)19-13(22)15(3,4)5;;/h8,10H,7,9,17H2,1-6H3,(H,20,21)(H,18,19,22);2*1H. The SMILES string of the molecule is CC(C)C(C)(CN)NC(=O)Cc1csc(NC(=O)C(C)(C)C)n1.Cl.Cl. The number of carbonyl (C=O) groups is 2. The third kappa shape index (κ3) is 7.90. The van der Waals surface area contributed by atoms with Crippen LogP contribution in [0.15, 0.2) is 5.38 Å². The summed E-state index contributed by atoms with van der Waals surface area (Å²) in [7, 11) is 0. The highest BCUT2D eigenvalue weighted by atomic mass is 35.5. The molecule has 1 heterocycles. The predicted octanol–water partition coefficient (Wildman–Crippen LogP) is 3.00. The third-order valence-electron chi connectivity index (χ3n) is 3.92. The molecule has 1 rings (SSSR count). The van der Waals surface area contributed by atoms with Gasteiger partial charge in [0.15, 0.2) is 5.13 Å². The number of hydrogen-bond acceptors (Lipinski definition) is 5. The highest BCUT2D eigenvalue weighted by Crippen LogP contribution is 2.21. The fraction of sp³-hybridized carbons (Fsp3) is 0.688. The molecule has 2 amide bonds. The number of nitrogens with one attached hydrogen (secondary N) is 2. The molecule has 9 heteroatoms. The Hall–Kier alpha value is -0.890. The molecular formula is C16H30Cl2N4O2S. The molecule has 25 heavy (non-hydrogen) atoms. The number of aromatic nitrogens is 1. The van der Waals surface area contributed by atoms with Gasteiger partial charge in [0, 0.05) is 17.3 Å². The molecule has 1 aromatic rings. The normalized spacial score (nSPS) is 13.3. The van der Waals surface area contributed by atoms with Crippen LogP contribution in [0, 0.1) is 11.3 Å². The summed E-state index contributed by atoms with van der Waals surface area (Å²) in [4.78, 5) is 28.4. The van der Waals surface area contributed by atoms with Crippen LogP contribution in [0.5, 0.6) is 0 Å². The van der Waals surface area contributed by atoms with E-state index >= 15 is 0 Å². The van der Waals surface area contributed by atoms with Crippen molar-refractivity contribution in [2.24, 2.45) is 17.1 Å². The number of rotatable bonds is 6. The van der Waals surface area contributed by atoms with Crippen molar-refractivity contribution in [2.75, 3.05) is 11.9 Å². The Labute approximate surface area is 166 Å². The van der Waals surface area contributed by atoms with E-state index < -0.39 is 11.0 Å². The zero-order chi connectivity index (χ0) is 17.8. The maximum atomic E-state index is 12.2. The zero-order valence-electron chi connectivity index (χ0n) is 15.6. The van der Waals surface area contributed by atoms with Crippen molar-refractivity contribution < 1.29 is 9.59 Å². The van der Waals surface area contributed by atoms with E-state index in [1.165, 1.54) is 11.3 Å². The van der Waals surface area contributed by atoms with Gasteiger partial charge in [0.25, 0.3) is 0 Å². The van der Waals surface area contributed by atoms with Crippen molar-refractivity contribution in [1.82, 2.24) is 10.3 Å². The average Bonchev–Trinajstić information content (AvgIpc) is 2.84. The molecule has 0 aliphatic rings. The van der Waals surface area contributed by atoms with Crippen LogP contribution in [0.2, 0.25) is 0 Å². The second-order valence-electron chi connectivity index (χ2n) is 7.35. The second-order valence-corrected chi connectivity index (χ2v) is 8.21. The summed E-state index contributed by atoms with van der Waals surface area (Å²) in [6.45, 7) is 11.9. The van der Waals surface area contributed by atoms with Crippen LogP contribution in [0.25, 0.3) is 0 Å². The van der Waals surface area contributed by atoms with E-state index in [4.69, 9.17) is 5.73 Å². The van der Waals surface area contributed by atoms with Gasteiger partial charge in [-0.1, -0.05) is 34.6 Å². The van der Waals surface area contributed by atoms with Gasteiger partial charge >= 0.3 is 0 Å². The van der Waals surface area contributed by atoms with Crippen LogP contribution in [-0.2, 0) is 16.0 Å². The fourth-order valence-corrected chi connectivity index (χ4v) is 2.39. The van der Waals surface area contributed by atoms with E-state index in [2.05, 4.69) is 15.6 Å². The lowest BCUT2D eigenvalue weighted by atomic mass is 9.88. The quantitative estimate of drug-likeness (QED) is 0.668. The van der Waals surface area contributed by atoms with Gasteiger partial charge in [0.2, 0.25) is 11.8 Å². The Balaban J connectivity index is 0. The van der Waals surface area contributed by atoms with Crippen LogP contribution in [0.4, 0.5) is 5.13 Å². The molecule has 4 N–H and O–H groups in total. The predicted molar refractivity (Wildman–Crippen MR) is 109 cm³/mol. The molecule has 0 bridgehead atoms. The molecule has 6 nitrogen and oxygen atoms in total. The summed E-state index contributed by atoms with van der Waals surface area (Å²) < 4.78 is 0. The molecule has 1 aromatic heterocycles. The summed E-state index contributed by atoms with van der Waals surface area (Å²) in [5.74, 6) is 0.0116. The average molecular weight is 413 g/mol. The largest absolute Gasteiger partial charge is 0.349 e. The molecule has 0 spiro atoms. The number of nitrogens with two attached hydrogens (primary N) is 1. The highest BCUT2D eigenvalue weighted by molar-refractivity contribution is 7.13. The van der Waals surface area contributed by atoms with Gasteiger partial charge in [-0.3, -0.25) is 9.59 Å². The Kier molecular flexibility index (Phi) is 10.9. The molecular weight excluding hydrogens is 383 g/mol. The van der Waals surface area contributed by atoms with Gasteiger partial charge < -0.3 is 16.4 Å². The van der Waals surface area contributed by atoms with Gasteiger partial charge in [-0.15, -0.1) is 36.2 Å². The number of amides is 2. The minimum atomic E-state index is -0.483. The minimum absolute atomic E-state index is 0. The molecule has 0 aromatic carbocycles.